The molecule has 1 saturated carbocycles. The van der Waals surface area contributed by atoms with E-state index in [1.807, 2.05) is 13.8 Å². The minimum atomic E-state index is -3.86. The summed E-state index contributed by atoms with van der Waals surface area (Å²) in [5.74, 6) is -0.809. The Morgan fingerprint density at radius 1 is 1.06 bits per heavy atom. The minimum Gasteiger partial charge on any atom is -0.464 e. The number of methoxy groups -OCH3 is 1. The number of hydrogen-bond acceptors (Lipinski definition) is 5. The summed E-state index contributed by atoms with van der Waals surface area (Å²) >= 11 is 0. The Morgan fingerprint density at radius 2 is 1.67 bits per heavy atom. The normalized spacial score (nSPS) is 15.1. The lowest BCUT2D eigenvalue weighted by atomic mass is 9.95. The average Bonchev–Trinajstić information content (AvgIpc) is 3.06. The van der Waals surface area contributed by atoms with Crippen LogP contribution >= 0.6 is 0 Å². The Morgan fingerprint density at radius 3 is 2.21 bits per heavy atom. The van der Waals surface area contributed by atoms with Gasteiger partial charge in [0, 0.05) is 23.8 Å². The maximum Gasteiger partial charge on any atom is 0.354 e. The second kappa shape index (κ2) is 10.2. The van der Waals surface area contributed by atoms with Gasteiger partial charge < -0.3 is 9.30 Å². The van der Waals surface area contributed by atoms with Crippen molar-refractivity contribution in [2.24, 2.45) is 0 Å². The van der Waals surface area contributed by atoms with Gasteiger partial charge in [-0.15, -0.1) is 0 Å². The highest BCUT2D eigenvalue weighted by Crippen LogP contribution is 2.30. The summed E-state index contributed by atoms with van der Waals surface area (Å²) in [6.07, 6.45) is 4.42. The fraction of sp³-hybridized carbons (Fsp3) is 0.520. The number of carbonyl (C=O) groups is 2. The van der Waals surface area contributed by atoms with Crippen LogP contribution < -0.4 is 0 Å². The zero-order chi connectivity index (χ0) is 24.3. The first-order chi connectivity index (χ1) is 15.6. The number of benzene rings is 1. The number of ether oxygens (including phenoxy) is 1. The van der Waals surface area contributed by atoms with E-state index >= 15 is 0 Å². The molecule has 7 nitrogen and oxygen atoms in total. The number of rotatable bonds is 8. The third-order valence-corrected chi connectivity index (χ3v) is 8.56. The maximum absolute atomic E-state index is 13.7. The molecule has 0 N–H and O–H groups in total. The zero-order valence-electron chi connectivity index (χ0n) is 20.2. The summed E-state index contributed by atoms with van der Waals surface area (Å²) < 4.78 is 35.4. The summed E-state index contributed by atoms with van der Waals surface area (Å²) in [6, 6.07) is 6.52. The van der Waals surface area contributed by atoms with Gasteiger partial charge in [0.2, 0.25) is 10.0 Å². The molecular formula is C25H34N2O5S. The molecule has 1 fully saturated rings. The van der Waals surface area contributed by atoms with Crippen molar-refractivity contribution in [2.45, 2.75) is 77.3 Å². The van der Waals surface area contributed by atoms with Crippen LogP contribution in [0.4, 0.5) is 0 Å². The van der Waals surface area contributed by atoms with Crippen molar-refractivity contribution < 1.29 is 22.7 Å². The molecule has 8 heteroatoms. The monoisotopic (exact) mass is 474 g/mol. The molecule has 1 aliphatic rings. The molecule has 180 valence electrons. The Hall–Kier alpha value is -2.45. The first kappa shape index (κ1) is 25.2. The van der Waals surface area contributed by atoms with Crippen LogP contribution in [0.25, 0.3) is 0 Å². The van der Waals surface area contributed by atoms with Gasteiger partial charge in [0.1, 0.15) is 5.69 Å². The fourth-order valence-electron chi connectivity index (χ4n) is 4.91. The van der Waals surface area contributed by atoms with Crippen molar-refractivity contribution in [3.63, 3.8) is 0 Å². The highest BCUT2D eigenvalue weighted by Gasteiger charge is 2.36. The summed E-state index contributed by atoms with van der Waals surface area (Å²) in [7, 11) is -2.55. The number of Topliss-reactive ketones (excluding diaryl/α,β-unsaturated/α-hetero) is 1. The molecule has 1 heterocycles. The van der Waals surface area contributed by atoms with Gasteiger partial charge in [-0.3, -0.25) is 4.79 Å². The lowest BCUT2D eigenvalue weighted by Crippen LogP contribution is -2.44. The minimum absolute atomic E-state index is 0.196. The molecule has 0 unspecified atom stereocenters. The van der Waals surface area contributed by atoms with Crippen LogP contribution in [0.1, 0.15) is 76.7 Å². The van der Waals surface area contributed by atoms with Crippen LogP contribution in [0, 0.1) is 20.8 Å². The summed E-state index contributed by atoms with van der Waals surface area (Å²) in [5.41, 5.74) is 2.89. The molecule has 33 heavy (non-hydrogen) atoms. The van der Waals surface area contributed by atoms with E-state index in [1.54, 1.807) is 42.7 Å². The van der Waals surface area contributed by atoms with Crippen molar-refractivity contribution in [1.29, 1.82) is 0 Å². The molecule has 0 bridgehead atoms. The molecule has 0 saturated heterocycles. The van der Waals surface area contributed by atoms with Gasteiger partial charge >= 0.3 is 5.97 Å². The molecule has 1 aliphatic carbocycles. The molecule has 0 radical (unpaired) electrons. The maximum atomic E-state index is 13.7. The van der Waals surface area contributed by atoms with E-state index in [4.69, 9.17) is 4.74 Å². The van der Waals surface area contributed by atoms with Gasteiger partial charge in [0.15, 0.2) is 5.78 Å². The topological polar surface area (TPSA) is 85.7 Å². The second-order valence-corrected chi connectivity index (χ2v) is 10.6. The third kappa shape index (κ3) is 4.92. The van der Waals surface area contributed by atoms with Gasteiger partial charge in [0.25, 0.3) is 0 Å². The van der Waals surface area contributed by atoms with Gasteiger partial charge in [-0.2, -0.15) is 4.31 Å². The summed E-state index contributed by atoms with van der Waals surface area (Å²) in [4.78, 5) is 26.2. The standard InChI is InChI=1S/C25H34N2O5S/c1-6-26-19(4)23(18(3)24(26)25(29)32-5)22(28)16-27(20-10-8-7-9-11-20)33(30,31)21-14-12-17(2)13-15-21/h12-15,20H,6-11,16H2,1-5H3. The Balaban J connectivity index is 2.04. The van der Waals surface area contributed by atoms with Gasteiger partial charge in [-0.1, -0.05) is 37.0 Å². The average molecular weight is 475 g/mol. The van der Waals surface area contributed by atoms with Crippen molar-refractivity contribution in [2.75, 3.05) is 13.7 Å². The number of esters is 1. The quantitative estimate of drug-likeness (QED) is 0.417. The first-order valence-electron chi connectivity index (χ1n) is 11.5. The number of carbonyl (C=O) groups excluding carboxylic acids is 2. The molecule has 0 aliphatic heterocycles. The number of aryl methyl sites for hydroxylation is 1. The number of nitrogens with zero attached hydrogens (tertiary/aromatic N) is 2. The first-order valence-corrected chi connectivity index (χ1v) is 13.0. The molecule has 1 aromatic heterocycles. The van der Waals surface area contributed by atoms with E-state index < -0.39 is 16.0 Å². The largest absolute Gasteiger partial charge is 0.464 e. The zero-order valence-corrected chi connectivity index (χ0v) is 21.0. The van der Waals surface area contributed by atoms with Gasteiger partial charge in [0.05, 0.1) is 18.6 Å². The lowest BCUT2D eigenvalue weighted by molar-refractivity contribution is 0.0587. The molecule has 2 aromatic rings. The van der Waals surface area contributed by atoms with E-state index in [2.05, 4.69) is 0 Å². The van der Waals surface area contributed by atoms with Gasteiger partial charge in [-0.05, 0) is 58.2 Å². The molecule has 3 rings (SSSR count). The molecule has 1 aromatic carbocycles. The van der Waals surface area contributed by atoms with Crippen LogP contribution in [0.2, 0.25) is 0 Å². The molecular weight excluding hydrogens is 440 g/mol. The van der Waals surface area contributed by atoms with Crippen molar-refractivity contribution >= 4 is 21.8 Å². The van der Waals surface area contributed by atoms with Crippen molar-refractivity contribution in [1.82, 2.24) is 8.87 Å². The predicted molar refractivity (Wildman–Crippen MR) is 127 cm³/mol. The van der Waals surface area contributed by atoms with Crippen LogP contribution in [-0.4, -0.2) is 48.7 Å². The Labute approximate surface area is 196 Å². The number of hydrogen-bond donors (Lipinski definition) is 0. The van der Waals surface area contributed by atoms with Crippen LogP contribution in [-0.2, 0) is 21.3 Å². The van der Waals surface area contributed by atoms with Crippen LogP contribution in [0.15, 0.2) is 29.2 Å². The van der Waals surface area contributed by atoms with Gasteiger partial charge in [-0.25, -0.2) is 13.2 Å². The van der Waals surface area contributed by atoms with Crippen LogP contribution in [0.3, 0.4) is 0 Å². The van der Waals surface area contributed by atoms with Crippen LogP contribution in [0.5, 0.6) is 0 Å². The van der Waals surface area contributed by atoms with E-state index in [0.717, 1.165) is 37.7 Å². The van der Waals surface area contributed by atoms with E-state index in [-0.39, 0.29) is 23.3 Å². The fourth-order valence-corrected chi connectivity index (χ4v) is 6.55. The third-order valence-electron chi connectivity index (χ3n) is 6.65. The van der Waals surface area contributed by atoms with Crippen molar-refractivity contribution in [3.05, 3.63) is 52.3 Å². The second-order valence-electron chi connectivity index (χ2n) is 8.75. The summed E-state index contributed by atoms with van der Waals surface area (Å²) in [6.45, 7) is 7.55. The van der Waals surface area contributed by atoms with E-state index in [9.17, 15) is 18.0 Å². The smallest absolute Gasteiger partial charge is 0.354 e. The Kier molecular flexibility index (Phi) is 7.80. The highest BCUT2D eigenvalue weighted by molar-refractivity contribution is 7.89. The van der Waals surface area contributed by atoms with E-state index in [1.165, 1.54) is 11.4 Å². The predicted octanol–water partition coefficient (Wildman–Crippen LogP) is 4.43. The van der Waals surface area contributed by atoms with E-state index in [0.29, 0.717) is 29.1 Å². The highest BCUT2D eigenvalue weighted by atomic mass is 32.2. The molecule has 0 spiro atoms. The SMILES string of the molecule is CCn1c(C)c(C(=O)CN(C2CCCCC2)S(=O)(=O)c2ccc(C)cc2)c(C)c1C(=O)OC. The summed E-state index contributed by atoms with van der Waals surface area (Å²) in [5, 5.41) is 0. The number of aromatic nitrogens is 1. The molecule has 0 atom stereocenters. The molecule has 0 amide bonds. The number of sulfonamides is 1. The van der Waals surface area contributed by atoms with Crippen molar-refractivity contribution in [3.8, 4) is 0 Å². The lowest BCUT2D eigenvalue weighted by Gasteiger charge is -2.33. The number of ketones is 1. The Bertz CT molecular complexity index is 1130.